The Morgan fingerprint density at radius 1 is 1.33 bits per heavy atom. The third-order valence-corrected chi connectivity index (χ3v) is 3.95. The van der Waals surface area contributed by atoms with Gasteiger partial charge in [-0.2, -0.15) is 0 Å². The molecule has 0 aromatic heterocycles. The maximum atomic E-state index is 12.4. The van der Waals surface area contributed by atoms with Crippen LogP contribution in [0.1, 0.15) is 31.9 Å². The summed E-state index contributed by atoms with van der Waals surface area (Å²) in [5.41, 5.74) is 1.60. The molecular weight excluding hydrogens is 266 g/mol. The second-order valence-corrected chi connectivity index (χ2v) is 5.89. The van der Waals surface area contributed by atoms with Crippen molar-refractivity contribution in [1.29, 1.82) is 0 Å². The lowest BCUT2D eigenvalue weighted by atomic mass is 10.1. The molecule has 2 N–H and O–H groups in total. The van der Waals surface area contributed by atoms with Crippen LogP contribution in [-0.2, 0) is 0 Å². The van der Waals surface area contributed by atoms with Gasteiger partial charge in [-0.25, -0.2) is 4.79 Å². The van der Waals surface area contributed by atoms with Crippen LogP contribution in [0, 0.1) is 0 Å². The van der Waals surface area contributed by atoms with Crippen molar-refractivity contribution >= 4 is 11.7 Å². The van der Waals surface area contributed by atoms with Crippen LogP contribution < -0.4 is 5.32 Å². The van der Waals surface area contributed by atoms with Gasteiger partial charge in [-0.1, -0.05) is 12.1 Å². The first-order chi connectivity index (χ1) is 9.97. The molecule has 0 bridgehead atoms. The molecule has 21 heavy (non-hydrogen) atoms. The second kappa shape index (κ2) is 6.91. The van der Waals surface area contributed by atoms with Crippen molar-refractivity contribution in [2.24, 2.45) is 0 Å². The highest BCUT2D eigenvalue weighted by Crippen LogP contribution is 2.17. The summed E-state index contributed by atoms with van der Waals surface area (Å²) in [6, 6.07) is 7.47. The number of nitrogens with zero attached hydrogens (tertiary/aromatic N) is 2. The average Bonchev–Trinajstić information content (AvgIpc) is 2.60. The summed E-state index contributed by atoms with van der Waals surface area (Å²) in [5, 5.41) is 12.4. The molecular formula is C16H25N3O2. The Labute approximate surface area is 126 Å². The van der Waals surface area contributed by atoms with E-state index in [-0.39, 0.29) is 12.1 Å². The lowest BCUT2D eigenvalue weighted by Gasteiger charge is -2.28. The predicted octanol–water partition coefficient (Wildman–Crippen LogP) is 2.30. The largest absolute Gasteiger partial charge is 0.389 e. The van der Waals surface area contributed by atoms with E-state index in [0.717, 1.165) is 37.3 Å². The molecule has 1 aliphatic rings. The molecule has 1 fully saturated rings. The quantitative estimate of drug-likeness (QED) is 0.879. The number of carbonyl (C=O) groups excluding carboxylic acids is 1. The third-order valence-electron chi connectivity index (χ3n) is 3.95. The molecule has 5 nitrogen and oxygen atoms in total. The summed E-state index contributed by atoms with van der Waals surface area (Å²) in [6.07, 6.45) is 0.505. The minimum Gasteiger partial charge on any atom is -0.389 e. The maximum Gasteiger partial charge on any atom is 0.322 e. The smallest absolute Gasteiger partial charge is 0.322 e. The van der Waals surface area contributed by atoms with Gasteiger partial charge in [-0.05, 0) is 51.6 Å². The Kier molecular flexibility index (Phi) is 5.20. The number of anilines is 1. The minimum atomic E-state index is -0.490. The second-order valence-electron chi connectivity index (χ2n) is 5.89. The lowest BCUT2D eigenvalue weighted by Crippen LogP contribution is -2.44. The molecule has 1 aromatic carbocycles. The van der Waals surface area contributed by atoms with E-state index < -0.39 is 6.10 Å². The number of rotatable bonds is 2. The number of carbonyl (C=O) groups is 1. The average molecular weight is 291 g/mol. The van der Waals surface area contributed by atoms with Crippen LogP contribution >= 0.6 is 0 Å². The summed E-state index contributed by atoms with van der Waals surface area (Å²) in [6.45, 7) is 6.51. The van der Waals surface area contributed by atoms with Gasteiger partial charge >= 0.3 is 6.03 Å². The van der Waals surface area contributed by atoms with Crippen LogP contribution in [0.25, 0.3) is 0 Å². The monoisotopic (exact) mass is 291 g/mol. The van der Waals surface area contributed by atoms with Crippen molar-refractivity contribution in [2.45, 2.75) is 32.4 Å². The summed E-state index contributed by atoms with van der Waals surface area (Å²) in [7, 11) is 2.09. The van der Waals surface area contributed by atoms with Gasteiger partial charge in [0.2, 0.25) is 0 Å². The number of likely N-dealkylation sites (N-methyl/N-ethyl adjacent to an activating group) is 1. The van der Waals surface area contributed by atoms with Gasteiger partial charge in [0.15, 0.2) is 0 Å². The van der Waals surface area contributed by atoms with E-state index in [0.29, 0.717) is 0 Å². The van der Waals surface area contributed by atoms with Crippen LogP contribution in [0.3, 0.4) is 0 Å². The topological polar surface area (TPSA) is 55.8 Å². The van der Waals surface area contributed by atoms with Crippen LogP contribution in [0.2, 0.25) is 0 Å². The van der Waals surface area contributed by atoms with Crippen LogP contribution in [0.15, 0.2) is 24.3 Å². The molecule has 116 valence electrons. The molecule has 1 saturated heterocycles. The Bertz CT molecular complexity index is 473. The standard InChI is InChI=1S/C16H25N3O2/c1-12-11-18(3)9-4-10-19(12)16(21)17-15-7-5-14(6-8-15)13(2)20/h5-8,12-13,20H,4,9-11H2,1-3H3,(H,17,21). The number of nitrogens with one attached hydrogen (secondary N) is 1. The van der Waals surface area contributed by atoms with Crippen molar-refractivity contribution in [3.05, 3.63) is 29.8 Å². The summed E-state index contributed by atoms with van der Waals surface area (Å²) in [4.78, 5) is 16.6. The van der Waals surface area contributed by atoms with Crippen LogP contribution in [-0.4, -0.2) is 53.7 Å². The number of hydrogen-bond donors (Lipinski definition) is 2. The molecule has 5 heteroatoms. The van der Waals surface area contributed by atoms with Gasteiger partial charge in [0, 0.05) is 24.8 Å². The molecule has 2 rings (SSSR count). The minimum absolute atomic E-state index is 0.0532. The predicted molar refractivity (Wildman–Crippen MR) is 84.4 cm³/mol. The number of aliphatic hydroxyl groups excluding tert-OH is 1. The highest BCUT2D eigenvalue weighted by Gasteiger charge is 2.23. The number of aliphatic hydroxyl groups is 1. The van der Waals surface area contributed by atoms with Crippen molar-refractivity contribution < 1.29 is 9.90 Å². The highest BCUT2D eigenvalue weighted by molar-refractivity contribution is 5.89. The molecule has 2 unspecified atom stereocenters. The number of benzene rings is 1. The number of amides is 2. The zero-order chi connectivity index (χ0) is 15.4. The van der Waals surface area contributed by atoms with Gasteiger partial charge in [0.1, 0.15) is 0 Å². The van der Waals surface area contributed by atoms with Crippen LogP contribution in [0.5, 0.6) is 0 Å². The lowest BCUT2D eigenvalue weighted by molar-refractivity contribution is 0.190. The fraction of sp³-hybridized carbons (Fsp3) is 0.562. The van der Waals surface area contributed by atoms with E-state index in [1.54, 1.807) is 6.92 Å². The van der Waals surface area contributed by atoms with E-state index in [1.807, 2.05) is 29.2 Å². The first kappa shape index (κ1) is 15.8. The first-order valence-corrected chi connectivity index (χ1v) is 7.51. The Morgan fingerprint density at radius 2 is 2.00 bits per heavy atom. The highest BCUT2D eigenvalue weighted by atomic mass is 16.3. The van der Waals surface area contributed by atoms with Crippen molar-refractivity contribution in [3.63, 3.8) is 0 Å². The maximum absolute atomic E-state index is 12.4. The summed E-state index contributed by atoms with van der Waals surface area (Å²) < 4.78 is 0. The molecule has 1 heterocycles. The van der Waals surface area contributed by atoms with Gasteiger partial charge < -0.3 is 20.2 Å². The molecule has 0 aliphatic carbocycles. The zero-order valence-corrected chi connectivity index (χ0v) is 13.0. The Balaban J connectivity index is 1.99. The van der Waals surface area contributed by atoms with Crippen LogP contribution in [0.4, 0.5) is 10.5 Å². The summed E-state index contributed by atoms with van der Waals surface area (Å²) in [5.74, 6) is 0. The van der Waals surface area contributed by atoms with E-state index in [9.17, 15) is 9.90 Å². The molecule has 0 radical (unpaired) electrons. The van der Waals surface area contributed by atoms with Gasteiger partial charge in [0.05, 0.1) is 6.10 Å². The molecule has 2 atom stereocenters. The summed E-state index contributed by atoms with van der Waals surface area (Å²) >= 11 is 0. The Hall–Kier alpha value is -1.59. The van der Waals surface area contributed by atoms with Gasteiger partial charge in [-0.3, -0.25) is 0 Å². The number of urea groups is 1. The number of hydrogen-bond acceptors (Lipinski definition) is 3. The zero-order valence-electron chi connectivity index (χ0n) is 13.0. The SMILES string of the molecule is CC(O)c1ccc(NC(=O)N2CCCN(C)CC2C)cc1. The molecule has 2 amide bonds. The van der Waals surface area contributed by atoms with Crippen molar-refractivity contribution in [3.8, 4) is 0 Å². The van der Waals surface area contributed by atoms with Gasteiger partial charge in [-0.15, -0.1) is 0 Å². The van der Waals surface area contributed by atoms with Gasteiger partial charge in [0.25, 0.3) is 0 Å². The molecule has 1 aromatic rings. The van der Waals surface area contributed by atoms with E-state index >= 15 is 0 Å². The Morgan fingerprint density at radius 3 is 2.62 bits per heavy atom. The van der Waals surface area contributed by atoms with E-state index in [4.69, 9.17) is 0 Å². The molecule has 1 aliphatic heterocycles. The third kappa shape index (κ3) is 4.19. The van der Waals surface area contributed by atoms with E-state index in [2.05, 4.69) is 24.2 Å². The fourth-order valence-corrected chi connectivity index (χ4v) is 2.71. The van der Waals surface area contributed by atoms with Crippen molar-refractivity contribution in [1.82, 2.24) is 9.80 Å². The normalized spacial score (nSPS) is 21.7. The van der Waals surface area contributed by atoms with Crippen molar-refractivity contribution in [2.75, 3.05) is 32.0 Å². The fourth-order valence-electron chi connectivity index (χ4n) is 2.71. The molecule has 0 spiro atoms. The first-order valence-electron chi connectivity index (χ1n) is 7.51. The molecule has 0 saturated carbocycles. The van der Waals surface area contributed by atoms with E-state index in [1.165, 1.54) is 0 Å².